The Morgan fingerprint density at radius 2 is 2.11 bits per heavy atom. The van der Waals surface area contributed by atoms with Crippen LogP contribution in [0, 0.1) is 5.92 Å². The molecule has 9 heavy (non-hydrogen) atoms. The van der Waals surface area contributed by atoms with E-state index in [0.717, 1.165) is 6.42 Å². The largest absolute Gasteiger partial charge is 0.396 e. The summed E-state index contributed by atoms with van der Waals surface area (Å²) in [7, 11) is 0. The summed E-state index contributed by atoms with van der Waals surface area (Å²) in [6.07, 6.45) is 0.885. The summed E-state index contributed by atoms with van der Waals surface area (Å²) >= 11 is 0. The summed E-state index contributed by atoms with van der Waals surface area (Å²) < 4.78 is 4.67. The maximum absolute atomic E-state index is 8.59. The van der Waals surface area contributed by atoms with Crippen LogP contribution in [0.5, 0.6) is 0 Å². The third kappa shape index (κ3) is 4.39. The molecule has 0 aliphatic carbocycles. The molecule has 1 atom stereocenters. The van der Waals surface area contributed by atoms with E-state index >= 15 is 0 Å². The first-order valence-electron chi connectivity index (χ1n) is 3.14. The van der Waals surface area contributed by atoms with E-state index in [-0.39, 0.29) is 19.3 Å². The van der Waals surface area contributed by atoms with Gasteiger partial charge in [0, 0.05) is 12.5 Å². The zero-order valence-corrected chi connectivity index (χ0v) is 5.71. The molecule has 0 aromatic heterocycles. The summed E-state index contributed by atoms with van der Waals surface area (Å²) in [5.74, 6) is 0.178. The molecule has 0 saturated carbocycles. The van der Waals surface area contributed by atoms with E-state index in [0.29, 0.717) is 6.61 Å². The molecular weight excluding hydrogens is 120 g/mol. The lowest BCUT2D eigenvalue weighted by atomic mass is 10.1. The summed E-state index contributed by atoms with van der Waals surface area (Å²) in [6, 6.07) is 0. The Hall–Kier alpha value is -0.120. The van der Waals surface area contributed by atoms with E-state index in [9.17, 15) is 0 Å². The van der Waals surface area contributed by atoms with Crippen LogP contribution in [0.2, 0.25) is 0 Å². The second-order valence-corrected chi connectivity index (χ2v) is 1.96. The van der Waals surface area contributed by atoms with Crippen LogP contribution in [0.1, 0.15) is 13.3 Å². The van der Waals surface area contributed by atoms with Crippen molar-refractivity contribution in [3.05, 3.63) is 0 Å². The molecule has 0 amide bonds. The van der Waals surface area contributed by atoms with Crippen molar-refractivity contribution in [3.8, 4) is 0 Å². The van der Waals surface area contributed by atoms with Crippen molar-refractivity contribution >= 4 is 0 Å². The van der Waals surface area contributed by atoms with Crippen LogP contribution in [0.4, 0.5) is 0 Å². The summed E-state index contributed by atoms with van der Waals surface area (Å²) in [5, 5.41) is 16.8. The number of hydrogen-bond donors (Lipinski definition) is 2. The molecule has 56 valence electrons. The smallest absolute Gasteiger partial charge is 0.143 e. The van der Waals surface area contributed by atoms with Crippen LogP contribution < -0.4 is 0 Å². The zero-order chi connectivity index (χ0) is 7.11. The van der Waals surface area contributed by atoms with Crippen molar-refractivity contribution in [2.75, 3.05) is 20.0 Å². The summed E-state index contributed by atoms with van der Waals surface area (Å²) in [6.45, 7) is 2.30. The zero-order valence-electron chi connectivity index (χ0n) is 5.71. The molecule has 0 saturated heterocycles. The van der Waals surface area contributed by atoms with E-state index in [2.05, 4.69) is 4.74 Å². The Morgan fingerprint density at radius 3 is 2.44 bits per heavy atom. The Balaban J connectivity index is 3.09. The first kappa shape index (κ1) is 8.88. The van der Waals surface area contributed by atoms with Gasteiger partial charge in [-0.3, -0.25) is 0 Å². The normalized spacial score (nSPS) is 13.7. The predicted molar refractivity (Wildman–Crippen MR) is 33.9 cm³/mol. The van der Waals surface area contributed by atoms with Crippen LogP contribution in [-0.4, -0.2) is 30.2 Å². The Labute approximate surface area is 55.3 Å². The van der Waals surface area contributed by atoms with Crippen molar-refractivity contribution < 1.29 is 14.9 Å². The Bertz CT molecular complexity index is 52.3. The number of aliphatic hydroxyl groups is 2. The molecule has 0 spiro atoms. The average molecular weight is 134 g/mol. The van der Waals surface area contributed by atoms with Crippen molar-refractivity contribution in [3.63, 3.8) is 0 Å². The third-order valence-electron chi connectivity index (χ3n) is 1.28. The first-order valence-corrected chi connectivity index (χ1v) is 3.14. The topological polar surface area (TPSA) is 49.7 Å². The van der Waals surface area contributed by atoms with Crippen LogP contribution >= 0.6 is 0 Å². The van der Waals surface area contributed by atoms with Gasteiger partial charge >= 0.3 is 0 Å². The lowest BCUT2D eigenvalue weighted by molar-refractivity contribution is -0.0257. The van der Waals surface area contributed by atoms with E-state index < -0.39 is 0 Å². The fraction of sp³-hybridized carbons (Fsp3) is 1.00. The molecule has 0 aliphatic rings. The second kappa shape index (κ2) is 6.01. The van der Waals surface area contributed by atoms with Crippen molar-refractivity contribution in [2.24, 2.45) is 5.92 Å². The fourth-order valence-corrected chi connectivity index (χ4v) is 0.519. The van der Waals surface area contributed by atoms with Gasteiger partial charge in [0.15, 0.2) is 0 Å². The molecule has 0 rings (SSSR count). The molecule has 0 radical (unpaired) electrons. The van der Waals surface area contributed by atoms with Crippen molar-refractivity contribution in [1.29, 1.82) is 0 Å². The molecular formula is C6H14O3. The van der Waals surface area contributed by atoms with Crippen LogP contribution in [0.15, 0.2) is 0 Å². The standard InChI is InChI=1S/C6H14O3/c1-2-6(3-7)4-9-5-8/h6-8H,2-5H2,1H3/t6-/m0/s1. The molecule has 2 N–H and O–H groups in total. The molecule has 3 nitrogen and oxygen atoms in total. The van der Waals surface area contributed by atoms with Gasteiger partial charge in [-0.15, -0.1) is 0 Å². The fourth-order valence-electron chi connectivity index (χ4n) is 0.519. The van der Waals surface area contributed by atoms with Gasteiger partial charge in [-0.05, 0) is 6.42 Å². The van der Waals surface area contributed by atoms with Gasteiger partial charge in [-0.25, -0.2) is 0 Å². The molecule has 0 bridgehead atoms. The third-order valence-corrected chi connectivity index (χ3v) is 1.28. The lowest BCUT2D eigenvalue weighted by Crippen LogP contribution is -2.12. The highest BCUT2D eigenvalue weighted by Crippen LogP contribution is 2.00. The van der Waals surface area contributed by atoms with Gasteiger partial charge in [-0.1, -0.05) is 6.92 Å². The van der Waals surface area contributed by atoms with Gasteiger partial charge in [-0.2, -0.15) is 0 Å². The number of rotatable bonds is 5. The highest BCUT2D eigenvalue weighted by molar-refractivity contribution is 4.50. The van der Waals surface area contributed by atoms with Gasteiger partial charge in [0.2, 0.25) is 0 Å². The number of aliphatic hydroxyl groups excluding tert-OH is 2. The second-order valence-electron chi connectivity index (χ2n) is 1.96. The highest BCUT2D eigenvalue weighted by atomic mass is 16.6. The van der Waals surface area contributed by atoms with Crippen LogP contribution in [-0.2, 0) is 4.74 Å². The number of hydrogen-bond acceptors (Lipinski definition) is 3. The quantitative estimate of drug-likeness (QED) is 0.519. The van der Waals surface area contributed by atoms with Gasteiger partial charge in [0.05, 0.1) is 6.61 Å². The Kier molecular flexibility index (Phi) is 5.93. The monoisotopic (exact) mass is 134 g/mol. The van der Waals surface area contributed by atoms with E-state index in [4.69, 9.17) is 10.2 Å². The summed E-state index contributed by atoms with van der Waals surface area (Å²) in [5.41, 5.74) is 0. The summed E-state index contributed by atoms with van der Waals surface area (Å²) in [4.78, 5) is 0. The lowest BCUT2D eigenvalue weighted by Gasteiger charge is -2.09. The molecule has 0 aromatic carbocycles. The maximum Gasteiger partial charge on any atom is 0.143 e. The minimum atomic E-state index is -0.253. The molecule has 0 unspecified atom stereocenters. The van der Waals surface area contributed by atoms with Gasteiger partial charge in [0.1, 0.15) is 6.79 Å². The van der Waals surface area contributed by atoms with Crippen LogP contribution in [0.25, 0.3) is 0 Å². The Morgan fingerprint density at radius 1 is 1.44 bits per heavy atom. The molecule has 0 heterocycles. The van der Waals surface area contributed by atoms with Crippen molar-refractivity contribution in [1.82, 2.24) is 0 Å². The number of ether oxygens (including phenoxy) is 1. The molecule has 0 aliphatic heterocycles. The molecule has 0 fully saturated rings. The first-order chi connectivity index (χ1) is 4.35. The average Bonchev–Trinajstić information content (AvgIpc) is 1.91. The van der Waals surface area contributed by atoms with E-state index in [1.807, 2.05) is 6.92 Å². The minimum absolute atomic E-state index is 0.135. The SMILES string of the molecule is CC[C@@H](CO)COCO. The van der Waals surface area contributed by atoms with Crippen LogP contribution in [0.3, 0.4) is 0 Å². The predicted octanol–water partition coefficient (Wildman–Crippen LogP) is -0.0287. The van der Waals surface area contributed by atoms with Crippen molar-refractivity contribution in [2.45, 2.75) is 13.3 Å². The van der Waals surface area contributed by atoms with E-state index in [1.54, 1.807) is 0 Å². The van der Waals surface area contributed by atoms with E-state index in [1.165, 1.54) is 0 Å². The maximum atomic E-state index is 8.59. The minimum Gasteiger partial charge on any atom is -0.396 e. The molecule has 0 aromatic rings. The molecule has 3 heteroatoms. The highest BCUT2D eigenvalue weighted by Gasteiger charge is 2.02. The van der Waals surface area contributed by atoms with Gasteiger partial charge < -0.3 is 14.9 Å². The van der Waals surface area contributed by atoms with Gasteiger partial charge in [0.25, 0.3) is 0 Å².